The van der Waals surface area contributed by atoms with Crippen molar-refractivity contribution in [3.05, 3.63) is 12.7 Å². The molecule has 0 N–H and O–H groups in total. The summed E-state index contributed by atoms with van der Waals surface area (Å²) in [6, 6.07) is 0. The number of carbonyl (C=O) groups excluding carboxylic acids is 3. The summed E-state index contributed by atoms with van der Waals surface area (Å²) in [6.07, 6.45) is 7.24. The summed E-state index contributed by atoms with van der Waals surface area (Å²) in [4.78, 5) is 38.0. The second-order valence-corrected chi connectivity index (χ2v) is 7.95. The van der Waals surface area contributed by atoms with Gasteiger partial charge in [0, 0.05) is 6.08 Å². The van der Waals surface area contributed by atoms with Crippen molar-refractivity contribution in [3.8, 4) is 0 Å². The molecule has 1 spiro atoms. The van der Waals surface area contributed by atoms with E-state index in [-0.39, 0.29) is 17.7 Å². The summed E-state index contributed by atoms with van der Waals surface area (Å²) >= 11 is 0. The van der Waals surface area contributed by atoms with Gasteiger partial charge in [-0.25, -0.2) is 4.79 Å². The zero-order chi connectivity index (χ0) is 19.4. The molecule has 3 aliphatic carbocycles. The SMILES string of the molecule is C=CC(=O)OC1C(=O)C2(CCCCC2)C(=O)C1OC(C)OC1CCCCC1. The van der Waals surface area contributed by atoms with Crippen LogP contribution in [0.25, 0.3) is 0 Å². The molecule has 150 valence electrons. The standard InChI is InChI=1S/C21H30O6/c1-3-16(22)27-18-17(26-14(2)25-15-10-6-4-7-11-15)19(23)21(20(18)24)12-8-5-9-13-21/h3,14-15,17-18H,1,4-13H2,2H3. The molecule has 0 radical (unpaired) electrons. The fourth-order valence-corrected chi connectivity index (χ4v) is 4.72. The molecule has 0 aromatic carbocycles. The second kappa shape index (κ2) is 8.65. The monoisotopic (exact) mass is 378 g/mol. The van der Waals surface area contributed by atoms with E-state index in [4.69, 9.17) is 14.2 Å². The van der Waals surface area contributed by atoms with Crippen molar-refractivity contribution in [2.24, 2.45) is 5.41 Å². The molecular weight excluding hydrogens is 348 g/mol. The molecule has 0 aliphatic heterocycles. The third-order valence-electron chi connectivity index (χ3n) is 6.13. The highest BCUT2D eigenvalue weighted by atomic mass is 16.7. The number of carbonyl (C=O) groups is 3. The number of Topliss-reactive ketones (excluding diaryl/α,β-unsaturated/α-hetero) is 2. The number of hydrogen-bond acceptors (Lipinski definition) is 6. The Morgan fingerprint density at radius 1 is 1.00 bits per heavy atom. The zero-order valence-electron chi connectivity index (χ0n) is 16.1. The summed E-state index contributed by atoms with van der Waals surface area (Å²) in [6.45, 7) is 5.12. The summed E-state index contributed by atoms with van der Waals surface area (Å²) in [5.41, 5.74) is -1.07. The van der Waals surface area contributed by atoms with Gasteiger partial charge in [0.15, 0.2) is 30.1 Å². The van der Waals surface area contributed by atoms with E-state index < -0.39 is 29.9 Å². The summed E-state index contributed by atoms with van der Waals surface area (Å²) in [5.74, 6) is -1.30. The first-order valence-electron chi connectivity index (χ1n) is 10.2. The largest absolute Gasteiger partial charge is 0.448 e. The van der Waals surface area contributed by atoms with Crippen LogP contribution in [0.3, 0.4) is 0 Å². The highest BCUT2D eigenvalue weighted by molar-refractivity contribution is 6.18. The maximum atomic E-state index is 13.2. The van der Waals surface area contributed by atoms with Gasteiger partial charge in [-0.2, -0.15) is 0 Å². The van der Waals surface area contributed by atoms with Crippen LogP contribution in [0.5, 0.6) is 0 Å². The van der Waals surface area contributed by atoms with Crippen LogP contribution in [0.15, 0.2) is 12.7 Å². The fraction of sp³-hybridized carbons (Fsp3) is 0.762. The molecule has 3 atom stereocenters. The fourth-order valence-electron chi connectivity index (χ4n) is 4.72. The molecule has 0 bridgehead atoms. The lowest BCUT2D eigenvalue weighted by Gasteiger charge is -2.30. The molecule has 3 aliphatic rings. The lowest BCUT2D eigenvalue weighted by molar-refractivity contribution is -0.206. The van der Waals surface area contributed by atoms with E-state index in [0.29, 0.717) is 12.8 Å². The molecule has 0 aromatic rings. The van der Waals surface area contributed by atoms with Crippen LogP contribution in [0.4, 0.5) is 0 Å². The Labute approximate surface area is 160 Å². The minimum absolute atomic E-state index is 0.110. The van der Waals surface area contributed by atoms with Crippen LogP contribution < -0.4 is 0 Å². The Bertz CT molecular complexity index is 585. The van der Waals surface area contributed by atoms with Crippen LogP contribution >= 0.6 is 0 Å². The predicted molar refractivity (Wildman–Crippen MR) is 97.9 cm³/mol. The first kappa shape index (κ1) is 20.2. The Morgan fingerprint density at radius 2 is 1.59 bits per heavy atom. The van der Waals surface area contributed by atoms with E-state index in [9.17, 15) is 14.4 Å². The van der Waals surface area contributed by atoms with E-state index >= 15 is 0 Å². The van der Waals surface area contributed by atoms with Gasteiger partial charge in [-0.1, -0.05) is 45.1 Å². The van der Waals surface area contributed by atoms with Crippen LogP contribution in [0.2, 0.25) is 0 Å². The Morgan fingerprint density at radius 3 is 2.22 bits per heavy atom. The van der Waals surface area contributed by atoms with Crippen molar-refractivity contribution < 1.29 is 28.6 Å². The van der Waals surface area contributed by atoms with Gasteiger partial charge in [0.25, 0.3) is 0 Å². The molecule has 0 aromatic heterocycles. The quantitative estimate of drug-likeness (QED) is 0.305. The molecule has 3 rings (SSSR count). The molecular formula is C21H30O6. The van der Waals surface area contributed by atoms with Gasteiger partial charge in [-0.05, 0) is 32.6 Å². The Balaban J connectivity index is 1.74. The second-order valence-electron chi connectivity index (χ2n) is 7.95. The molecule has 27 heavy (non-hydrogen) atoms. The first-order chi connectivity index (χ1) is 13.0. The van der Waals surface area contributed by atoms with Crippen molar-refractivity contribution in [3.63, 3.8) is 0 Å². The van der Waals surface area contributed by atoms with Crippen molar-refractivity contribution in [1.29, 1.82) is 0 Å². The van der Waals surface area contributed by atoms with E-state index in [0.717, 1.165) is 51.0 Å². The molecule has 0 amide bonds. The Kier molecular flexibility index (Phi) is 6.48. The molecule has 3 unspecified atom stereocenters. The summed E-state index contributed by atoms with van der Waals surface area (Å²) in [7, 11) is 0. The average molecular weight is 378 g/mol. The maximum absolute atomic E-state index is 13.2. The van der Waals surface area contributed by atoms with Crippen LogP contribution in [0.1, 0.15) is 71.1 Å². The maximum Gasteiger partial charge on any atom is 0.330 e. The summed E-state index contributed by atoms with van der Waals surface area (Å²) < 4.78 is 17.1. The van der Waals surface area contributed by atoms with Gasteiger partial charge in [0.2, 0.25) is 0 Å². The third kappa shape index (κ3) is 4.16. The zero-order valence-corrected chi connectivity index (χ0v) is 16.1. The van der Waals surface area contributed by atoms with Crippen LogP contribution in [-0.2, 0) is 28.6 Å². The predicted octanol–water partition coefficient (Wildman–Crippen LogP) is 3.27. The Hall–Kier alpha value is -1.53. The smallest absolute Gasteiger partial charge is 0.330 e. The van der Waals surface area contributed by atoms with E-state index in [1.54, 1.807) is 6.92 Å². The van der Waals surface area contributed by atoms with E-state index in [2.05, 4.69) is 6.58 Å². The summed E-state index contributed by atoms with van der Waals surface area (Å²) in [5, 5.41) is 0. The number of ether oxygens (including phenoxy) is 3. The molecule has 3 fully saturated rings. The molecule has 0 heterocycles. The lowest BCUT2D eigenvalue weighted by atomic mass is 9.71. The van der Waals surface area contributed by atoms with Crippen molar-refractivity contribution >= 4 is 17.5 Å². The van der Waals surface area contributed by atoms with E-state index in [1.807, 2.05) is 0 Å². The van der Waals surface area contributed by atoms with Gasteiger partial charge in [-0.15, -0.1) is 0 Å². The highest BCUT2D eigenvalue weighted by Crippen LogP contribution is 2.46. The number of hydrogen-bond donors (Lipinski definition) is 0. The van der Waals surface area contributed by atoms with Crippen molar-refractivity contribution in [2.75, 3.05) is 0 Å². The van der Waals surface area contributed by atoms with Crippen molar-refractivity contribution in [2.45, 2.75) is 95.7 Å². The normalized spacial score (nSPS) is 29.7. The molecule has 6 heteroatoms. The van der Waals surface area contributed by atoms with Gasteiger partial charge < -0.3 is 14.2 Å². The molecule has 0 saturated heterocycles. The average Bonchev–Trinajstić information content (AvgIpc) is 2.86. The minimum Gasteiger partial charge on any atom is -0.448 e. The topological polar surface area (TPSA) is 78.9 Å². The molecule has 3 saturated carbocycles. The van der Waals surface area contributed by atoms with Gasteiger partial charge in [-0.3, -0.25) is 9.59 Å². The van der Waals surface area contributed by atoms with Gasteiger partial charge >= 0.3 is 5.97 Å². The van der Waals surface area contributed by atoms with Gasteiger partial charge in [0.1, 0.15) is 0 Å². The third-order valence-corrected chi connectivity index (χ3v) is 6.13. The van der Waals surface area contributed by atoms with Crippen LogP contribution in [0, 0.1) is 5.41 Å². The van der Waals surface area contributed by atoms with E-state index in [1.165, 1.54) is 6.42 Å². The van der Waals surface area contributed by atoms with Gasteiger partial charge in [0.05, 0.1) is 11.5 Å². The molecule has 6 nitrogen and oxygen atoms in total. The highest BCUT2D eigenvalue weighted by Gasteiger charge is 2.62. The van der Waals surface area contributed by atoms with Crippen LogP contribution in [-0.4, -0.2) is 42.1 Å². The number of ketones is 2. The minimum atomic E-state index is -1.21. The number of rotatable bonds is 6. The lowest BCUT2D eigenvalue weighted by Crippen LogP contribution is -2.39. The first-order valence-corrected chi connectivity index (χ1v) is 10.2. The van der Waals surface area contributed by atoms with Crippen molar-refractivity contribution in [1.82, 2.24) is 0 Å². The number of esters is 1.